The van der Waals surface area contributed by atoms with Crippen LogP contribution in [-0.2, 0) is 6.42 Å². The molecule has 0 radical (unpaired) electrons. The maximum absolute atomic E-state index is 12.6. The molecule has 0 saturated heterocycles. The molecule has 0 spiro atoms. The van der Waals surface area contributed by atoms with Crippen LogP contribution in [0.5, 0.6) is 0 Å². The average molecular weight is 401 g/mol. The average Bonchev–Trinajstić information content (AvgIpc) is 3.03. The van der Waals surface area contributed by atoms with E-state index in [0.717, 1.165) is 15.7 Å². The van der Waals surface area contributed by atoms with Crippen LogP contribution in [0.15, 0.2) is 39.3 Å². The van der Waals surface area contributed by atoms with Gasteiger partial charge < -0.3 is 9.84 Å². The van der Waals surface area contributed by atoms with Crippen molar-refractivity contribution in [2.75, 3.05) is 5.32 Å². The highest BCUT2D eigenvalue weighted by molar-refractivity contribution is 9.10. The molecule has 1 N–H and O–H groups in total. The Kier molecular flexibility index (Phi) is 4.94. The summed E-state index contributed by atoms with van der Waals surface area (Å²) in [5, 5.41) is 6.89. The van der Waals surface area contributed by atoms with Gasteiger partial charge in [-0.2, -0.15) is 4.98 Å². The number of rotatable bonds is 4. The fourth-order valence-electron chi connectivity index (χ4n) is 2.52. The number of carbonyl (C=O) groups excluding carboxylic acids is 1. The van der Waals surface area contributed by atoms with Crippen molar-refractivity contribution in [2.45, 2.75) is 27.2 Å². The van der Waals surface area contributed by atoms with Crippen molar-refractivity contribution in [3.8, 4) is 11.4 Å². The van der Waals surface area contributed by atoms with Gasteiger partial charge in [-0.3, -0.25) is 4.79 Å². The Morgan fingerprint density at radius 2 is 2.04 bits per heavy atom. The first-order valence-electron chi connectivity index (χ1n) is 7.86. The summed E-state index contributed by atoms with van der Waals surface area (Å²) in [6.07, 6.45) is 0.644. The number of anilines is 1. The highest BCUT2D eigenvalue weighted by Gasteiger charge is 2.19. The molecule has 7 heteroatoms. The van der Waals surface area contributed by atoms with Gasteiger partial charge in [-0.25, -0.2) is 4.98 Å². The molecule has 0 atom stereocenters. The lowest BCUT2D eigenvalue weighted by atomic mass is 10.1. The Morgan fingerprint density at radius 1 is 1.24 bits per heavy atom. The first-order valence-corrected chi connectivity index (χ1v) is 8.65. The van der Waals surface area contributed by atoms with Crippen LogP contribution < -0.4 is 5.32 Å². The highest BCUT2D eigenvalue weighted by Crippen LogP contribution is 2.29. The van der Waals surface area contributed by atoms with Gasteiger partial charge in [0, 0.05) is 22.2 Å². The minimum Gasteiger partial charge on any atom is -0.339 e. The lowest BCUT2D eigenvalue weighted by molar-refractivity contribution is 0.102. The number of carbonyl (C=O) groups is 1. The van der Waals surface area contributed by atoms with Crippen molar-refractivity contribution in [3.05, 3.63) is 57.5 Å². The van der Waals surface area contributed by atoms with Gasteiger partial charge in [-0.1, -0.05) is 34.1 Å². The first-order chi connectivity index (χ1) is 12.0. The number of amides is 1. The van der Waals surface area contributed by atoms with E-state index in [1.807, 2.05) is 39.0 Å². The van der Waals surface area contributed by atoms with Crippen LogP contribution in [0.4, 0.5) is 5.82 Å². The van der Waals surface area contributed by atoms with Gasteiger partial charge in [0.15, 0.2) is 0 Å². The van der Waals surface area contributed by atoms with Crippen LogP contribution in [-0.4, -0.2) is 21.0 Å². The van der Waals surface area contributed by atoms with Crippen LogP contribution in [0.1, 0.15) is 34.4 Å². The Labute approximate surface area is 153 Å². The molecule has 3 rings (SSSR count). The van der Waals surface area contributed by atoms with E-state index in [0.29, 0.717) is 35.1 Å². The summed E-state index contributed by atoms with van der Waals surface area (Å²) in [5.74, 6) is 1.14. The lowest BCUT2D eigenvalue weighted by Gasteiger charge is -2.12. The number of aromatic nitrogens is 3. The molecule has 0 aliphatic carbocycles. The fourth-order valence-corrected chi connectivity index (χ4v) is 2.92. The largest absolute Gasteiger partial charge is 0.339 e. The van der Waals surface area contributed by atoms with E-state index >= 15 is 0 Å². The second-order valence-corrected chi connectivity index (χ2v) is 6.55. The Morgan fingerprint density at radius 3 is 2.72 bits per heavy atom. The second-order valence-electron chi connectivity index (χ2n) is 5.63. The third kappa shape index (κ3) is 3.76. The summed E-state index contributed by atoms with van der Waals surface area (Å²) < 4.78 is 6.04. The molecular formula is C18H17BrN4O2. The maximum atomic E-state index is 12.6. The monoisotopic (exact) mass is 400 g/mol. The molecule has 2 heterocycles. The minimum atomic E-state index is -0.251. The number of halogens is 1. The van der Waals surface area contributed by atoms with Crippen molar-refractivity contribution in [1.29, 1.82) is 0 Å². The minimum absolute atomic E-state index is 0.251. The van der Waals surface area contributed by atoms with Crippen LogP contribution in [0.3, 0.4) is 0 Å². The fraction of sp³-hybridized carbons (Fsp3) is 0.222. The molecule has 0 unspecified atom stereocenters. The van der Waals surface area contributed by atoms with Crippen molar-refractivity contribution >= 4 is 27.7 Å². The molecule has 1 amide bonds. The van der Waals surface area contributed by atoms with Gasteiger partial charge >= 0.3 is 0 Å². The van der Waals surface area contributed by atoms with Gasteiger partial charge in [0.2, 0.25) is 11.7 Å². The molecule has 1 aromatic carbocycles. The molecule has 2 aromatic heterocycles. The molecule has 3 aromatic rings. The lowest BCUT2D eigenvalue weighted by Crippen LogP contribution is -2.15. The summed E-state index contributed by atoms with van der Waals surface area (Å²) in [6.45, 7) is 5.74. The number of nitrogens with one attached hydrogen (secondary N) is 1. The number of benzene rings is 1. The third-order valence-corrected chi connectivity index (χ3v) is 4.15. The molecule has 0 aliphatic rings. The predicted octanol–water partition coefficient (Wildman–Crippen LogP) is 4.33. The van der Waals surface area contributed by atoms with Gasteiger partial charge in [-0.05, 0) is 43.7 Å². The standard InChI is InChI=1S/C18H17BrN4O2/c1-4-14-21-17(23-25-14)15-10(2)8-11(3)20-16(15)22-18(24)12-6-5-7-13(19)9-12/h5-9H,4H2,1-3H3,(H,20,22,24). The van der Waals surface area contributed by atoms with Crippen molar-refractivity contribution in [2.24, 2.45) is 0 Å². The predicted molar refractivity (Wildman–Crippen MR) is 98.5 cm³/mol. The van der Waals surface area contributed by atoms with Crippen LogP contribution in [0.25, 0.3) is 11.4 Å². The van der Waals surface area contributed by atoms with E-state index < -0.39 is 0 Å². The maximum Gasteiger partial charge on any atom is 0.256 e. The third-order valence-electron chi connectivity index (χ3n) is 3.66. The van der Waals surface area contributed by atoms with Crippen molar-refractivity contribution in [1.82, 2.24) is 15.1 Å². The zero-order valence-electron chi connectivity index (χ0n) is 14.1. The summed E-state index contributed by atoms with van der Waals surface area (Å²) in [7, 11) is 0. The SMILES string of the molecule is CCc1nc(-c2c(C)cc(C)nc2NC(=O)c2cccc(Br)c2)no1. The number of hydrogen-bond acceptors (Lipinski definition) is 5. The van der Waals surface area contributed by atoms with Crippen LogP contribution in [0.2, 0.25) is 0 Å². The van der Waals surface area contributed by atoms with Gasteiger partial charge in [0.05, 0.1) is 5.56 Å². The number of hydrogen-bond donors (Lipinski definition) is 1. The summed E-state index contributed by atoms with van der Waals surface area (Å²) in [5.41, 5.74) is 2.91. The molecule has 0 bridgehead atoms. The molecule has 0 aliphatic heterocycles. The summed E-state index contributed by atoms with van der Waals surface area (Å²) in [4.78, 5) is 21.4. The normalized spacial score (nSPS) is 10.7. The van der Waals surface area contributed by atoms with E-state index in [2.05, 4.69) is 36.4 Å². The van der Waals surface area contributed by atoms with Crippen LogP contribution >= 0.6 is 15.9 Å². The van der Waals surface area contributed by atoms with Crippen molar-refractivity contribution in [3.63, 3.8) is 0 Å². The highest BCUT2D eigenvalue weighted by atomic mass is 79.9. The Hall–Kier alpha value is -2.54. The van der Waals surface area contributed by atoms with E-state index in [9.17, 15) is 4.79 Å². The molecule has 6 nitrogen and oxygen atoms in total. The number of aryl methyl sites for hydroxylation is 3. The second kappa shape index (κ2) is 7.14. The molecule has 0 saturated carbocycles. The molecule has 128 valence electrons. The smallest absolute Gasteiger partial charge is 0.256 e. The first kappa shape index (κ1) is 17.3. The summed E-state index contributed by atoms with van der Waals surface area (Å²) >= 11 is 3.37. The topological polar surface area (TPSA) is 80.9 Å². The Bertz CT molecular complexity index is 937. The zero-order valence-corrected chi connectivity index (χ0v) is 15.7. The van der Waals surface area contributed by atoms with E-state index in [-0.39, 0.29) is 5.91 Å². The molecule has 0 fully saturated rings. The van der Waals surface area contributed by atoms with E-state index in [1.54, 1.807) is 12.1 Å². The van der Waals surface area contributed by atoms with Gasteiger partial charge in [0.1, 0.15) is 5.82 Å². The Balaban J connectivity index is 2.01. The molecular weight excluding hydrogens is 384 g/mol. The van der Waals surface area contributed by atoms with Gasteiger partial charge in [-0.15, -0.1) is 0 Å². The number of pyridine rings is 1. The van der Waals surface area contributed by atoms with E-state index in [1.165, 1.54) is 0 Å². The van der Waals surface area contributed by atoms with Crippen LogP contribution in [0, 0.1) is 13.8 Å². The molecule has 25 heavy (non-hydrogen) atoms. The zero-order chi connectivity index (χ0) is 18.0. The van der Waals surface area contributed by atoms with Gasteiger partial charge in [0.25, 0.3) is 5.91 Å². The number of nitrogens with zero attached hydrogens (tertiary/aromatic N) is 3. The van der Waals surface area contributed by atoms with Crippen molar-refractivity contribution < 1.29 is 9.32 Å². The quantitative estimate of drug-likeness (QED) is 0.704. The summed E-state index contributed by atoms with van der Waals surface area (Å²) in [6, 6.07) is 9.09. The van der Waals surface area contributed by atoms with E-state index in [4.69, 9.17) is 4.52 Å².